The van der Waals surface area contributed by atoms with Crippen molar-refractivity contribution >= 4 is 34.9 Å². The van der Waals surface area contributed by atoms with Crippen LogP contribution in [0.3, 0.4) is 0 Å². The van der Waals surface area contributed by atoms with Crippen molar-refractivity contribution in [2.24, 2.45) is 0 Å². The van der Waals surface area contributed by atoms with E-state index in [-0.39, 0.29) is 11.4 Å². The fraction of sp³-hybridized carbons (Fsp3) is 0.133. The van der Waals surface area contributed by atoms with Crippen LogP contribution in [0.1, 0.15) is 5.56 Å². The van der Waals surface area contributed by atoms with E-state index in [4.69, 9.17) is 23.2 Å². The first kappa shape index (κ1) is 15.5. The van der Waals surface area contributed by atoms with Gasteiger partial charge in [-0.3, -0.25) is 0 Å². The molecule has 110 valence electrons. The lowest BCUT2D eigenvalue weighted by Crippen LogP contribution is -2.30. The number of hydrogen-bond acceptors (Lipinski definition) is 2. The Morgan fingerprint density at radius 1 is 1.10 bits per heavy atom. The van der Waals surface area contributed by atoms with E-state index in [2.05, 4.69) is 10.6 Å². The van der Waals surface area contributed by atoms with Gasteiger partial charge in [-0.2, -0.15) is 0 Å². The van der Waals surface area contributed by atoms with Gasteiger partial charge in [0.05, 0.1) is 5.69 Å². The molecule has 0 unspecified atom stereocenters. The van der Waals surface area contributed by atoms with Gasteiger partial charge in [0.2, 0.25) is 0 Å². The Kier molecular flexibility index (Phi) is 5.31. The lowest BCUT2D eigenvalue weighted by atomic mass is 10.1. The van der Waals surface area contributed by atoms with Crippen molar-refractivity contribution < 1.29 is 9.90 Å². The first-order valence-electron chi connectivity index (χ1n) is 6.32. The summed E-state index contributed by atoms with van der Waals surface area (Å²) in [6.07, 6.45) is 0.662. The van der Waals surface area contributed by atoms with Gasteiger partial charge < -0.3 is 15.7 Å². The number of phenolic OH excluding ortho intramolecular Hbond substituents is 1. The number of rotatable bonds is 4. The molecule has 0 saturated carbocycles. The molecule has 6 heteroatoms. The van der Waals surface area contributed by atoms with Gasteiger partial charge in [-0.25, -0.2) is 4.79 Å². The lowest BCUT2D eigenvalue weighted by Gasteiger charge is -2.09. The first-order chi connectivity index (χ1) is 10.0. The van der Waals surface area contributed by atoms with E-state index in [9.17, 15) is 9.90 Å². The quantitative estimate of drug-likeness (QED) is 0.742. The average Bonchev–Trinajstić information content (AvgIpc) is 2.43. The number of carbonyl (C=O) groups excluding carboxylic acids is 1. The van der Waals surface area contributed by atoms with Crippen LogP contribution in [0, 0.1) is 0 Å². The molecule has 0 radical (unpaired) electrons. The second kappa shape index (κ2) is 7.20. The summed E-state index contributed by atoms with van der Waals surface area (Å²) in [7, 11) is 0. The maximum atomic E-state index is 11.7. The summed E-state index contributed by atoms with van der Waals surface area (Å²) in [5.41, 5.74) is 1.30. The number of hydrogen-bond donors (Lipinski definition) is 3. The van der Waals surface area contributed by atoms with Crippen molar-refractivity contribution in [3.05, 3.63) is 58.1 Å². The van der Waals surface area contributed by atoms with Crippen molar-refractivity contribution in [2.45, 2.75) is 6.42 Å². The van der Waals surface area contributed by atoms with Crippen LogP contribution < -0.4 is 10.6 Å². The number of benzene rings is 2. The number of halogens is 2. The number of aromatic hydroxyl groups is 1. The predicted octanol–water partition coefficient (Wildman–Crippen LogP) is 4.06. The van der Waals surface area contributed by atoms with E-state index in [1.54, 1.807) is 12.1 Å². The standard InChI is InChI=1S/C15H14Cl2N2O2/c16-11-3-1-2-10(8-11)6-7-18-15(21)19-13-9-12(17)4-5-14(13)20/h1-5,8-9,20H,6-7H2,(H2,18,19,21). The van der Waals surface area contributed by atoms with Crippen LogP contribution in [0.25, 0.3) is 0 Å². The van der Waals surface area contributed by atoms with Crippen molar-refractivity contribution in [3.63, 3.8) is 0 Å². The second-order valence-corrected chi connectivity index (χ2v) is 5.30. The zero-order valence-corrected chi connectivity index (χ0v) is 12.6. The minimum absolute atomic E-state index is 0.0376. The van der Waals surface area contributed by atoms with Crippen LogP contribution in [0.5, 0.6) is 5.75 Å². The fourth-order valence-electron chi connectivity index (χ4n) is 1.79. The van der Waals surface area contributed by atoms with Crippen LogP contribution in [0.2, 0.25) is 10.0 Å². The highest BCUT2D eigenvalue weighted by Crippen LogP contribution is 2.26. The highest BCUT2D eigenvalue weighted by molar-refractivity contribution is 6.31. The van der Waals surface area contributed by atoms with E-state index in [1.165, 1.54) is 12.1 Å². The minimum Gasteiger partial charge on any atom is -0.506 e. The molecule has 2 rings (SSSR count). The SMILES string of the molecule is O=C(NCCc1cccc(Cl)c1)Nc1cc(Cl)ccc1O. The third-order valence-electron chi connectivity index (χ3n) is 2.80. The van der Waals surface area contributed by atoms with Gasteiger partial charge in [0.1, 0.15) is 5.75 Å². The molecule has 0 fully saturated rings. The van der Waals surface area contributed by atoms with Crippen molar-refractivity contribution in [1.29, 1.82) is 0 Å². The van der Waals surface area contributed by atoms with E-state index >= 15 is 0 Å². The summed E-state index contributed by atoms with van der Waals surface area (Å²) < 4.78 is 0. The third-order valence-corrected chi connectivity index (χ3v) is 3.27. The van der Waals surface area contributed by atoms with Gasteiger partial charge in [-0.1, -0.05) is 35.3 Å². The van der Waals surface area contributed by atoms with Crippen molar-refractivity contribution in [3.8, 4) is 5.75 Å². The Labute approximate surface area is 132 Å². The Bertz CT molecular complexity index is 647. The molecule has 21 heavy (non-hydrogen) atoms. The number of nitrogens with one attached hydrogen (secondary N) is 2. The fourth-order valence-corrected chi connectivity index (χ4v) is 2.17. The summed E-state index contributed by atoms with van der Waals surface area (Å²) in [5.74, 6) is -0.0376. The van der Waals surface area contributed by atoms with Crippen LogP contribution in [0.15, 0.2) is 42.5 Å². The third kappa shape index (κ3) is 4.85. The van der Waals surface area contributed by atoms with Gasteiger partial charge in [-0.05, 0) is 42.3 Å². The maximum absolute atomic E-state index is 11.7. The van der Waals surface area contributed by atoms with Gasteiger partial charge >= 0.3 is 6.03 Å². The Morgan fingerprint density at radius 3 is 2.62 bits per heavy atom. The van der Waals surface area contributed by atoms with Crippen molar-refractivity contribution in [2.75, 3.05) is 11.9 Å². The largest absolute Gasteiger partial charge is 0.506 e. The average molecular weight is 325 g/mol. The van der Waals surface area contributed by atoms with Gasteiger partial charge in [0.15, 0.2) is 0 Å². The summed E-state index contributed by atoms with van der Waals surface area (Å²) in [6, 6.07) is 11.5. The van der Waals surface area contributed by atoms with Crippen LogP contribution in [-0.4, -0.2) is 17.7 Å². The first-order valence-corrected chi connectivity index (χ1v) is 7.08. The van der Waals surface area contributed by atoms with E-state index in [0.717, 1.165) is 5.56 Å². The van der Waals surface area contributed by atoms with Gasteiger partial charge in [0.25, 0.3) is 0 Å². The summed E-state index contributed by atoms with van der Waals surface area (Å²) >= 11 is 11.7. The number of urea groups is 1. The van der Waals surface area contributed by atoms with Crippen LogP contribution in [0.4, 0.5) is 10.5 Å². The zero-order chi connectivity index (χ0) is 15.2. The molecular formula is C15H14Cl2N2O2. The Morgan fingerprint density at radius 2 is 1.86 bits per heavy atom. The van der Waals surface area contributed by atoms with E-state index < -0.39 is 6.03 Å². The molecule has 4 nitrogen and oxygen atoms in total. The van der Waals surface area contributed by atoms with Gasteiger partial charge in [0, 0.05) is 16.6 Å². The molecule has 0 aromatic heterocycles. The molecule has 2 aromatic rings. The Hall–Kier alpha value is -1.91. The Balaban J connectivity index is 1.84. The van der Waals surface area contributed by atoms with Crippen molar-refractivity contribution in [1.82, 2.24) is 5.32 Å². The summed E-state index contributed by atoms with van der Waals surface area (Å²) in [6.45, 7) is 0.452. The lowest BCUT2D eigenvalue weighted by molar-refractivity contribution is 0.252. The molecule has 0 aliphatic heterocycles. The molecule has 3 N–H and O–H groups in total. The number of phenols is 1. The maximum Gasteiger partial charge on any atom is 0.319 e. The van der Waals surface area contributed by atoms with Crippen LogP contribution >= 0.6 is 23.2 Å². The predicted molar refractivity (Wildman–Crippen MR) is 85.3 cm³/mol. The molecule has 0 heterocycles. The number of amides is 2. The minimum atomic E-state index is -0.408. The smallest absolute Gasteiger partial charge is 0.319 e. The summed E-state index contributed by atoms with van der Waals surface area (Å²) in [5, 5.41) is 15.9. The number of carbonyl (C=O) groups is 1. The molecule has 0 spiro atoms. The van der Waals surface area contributed by atoms with E-state index in [1.807, 2.05) is 18.2 Å². The van der Waals surface area contributed by atoms with Gasteiger partial charge in [-0.15, -0.1) is 0 Å². The van der Waals surface area contributed by atoms with E-state index in [0.29, 0.717) is 23.0 Å². The molecule has 2 amide bonds. The zero-order valence-electron chi connectivity index (χ0n) is 11.1. The monoisotopic (exact) mass is 324 g/mol. The molecule has 0 saturated heterocycles. The number of anilines is 1. The molecule has 0 bridgehead atoms. The highest BCUT2D eigenvalue weighted by atomic mass is 35.5. The second-order valence-electron chi connectivity index (χ2n) is 4.42. The molecule has 2 aromatic carbocycles. The molecular weight excluding hydrogens is 311 g/mol. The molecule has 0 atom stereocenters. The topological polar surface area (TPSA) is 61.4 Å². The highest BCUT2D eigenvalue weighted by Gasteiger charge is 2.06. The summed E-state index contributed by atoms with van der Waals surface area (Å²) in [4.78, 5) is 11.7. The molecule has 0 aliphatic rings. The van der Waals surface area contributed by atoms with Crippen LogP contribution in [-0.2, 0) is 6.42 Å². The normalized spacial score (nSPS) is 10.2. The molecule has 0 aliphatic carbocycles.